The van der Waals surface area contributed by atoms with Crippen LogP contribution in [-0.2, 0) is 0 Å². The number of halogens is 1. The zero-order valence-corrected chi connectivity index (χ0v) is 15.0. The van der Waals surface area contributed by atoms with E-state index in [1.807, 2.05) is 24.4 Å². The minimum Gasteiger partial charge on any atom is -0.355 e. The van der Waals surface area contributed by atoms with E-state index in [1.165, 1.54) is 41.8 Å². The zero-order chi connectivity index (χ0) is 18.8. The largest absolute Gasteiger partial charge is 0.355 e. The number of carbonyl (C=O) groups is 1. The molecule has 0 spiro atoms. The number of aryl methyl sites for hydroxylation is 1. The Morgan fingerprint density at radius 3 is 2.81 bits per heavy atom. The summed E-state index contributed by atoms with van der Waals surface area (Å²) in [6.45, 7) is 1.95. The van der Waals surface area contributed by atoms with E-state index in [4.69, 9.17) is 4.52 Å². The first-order valence-electron chi connectivity index (χ1n) is 8.01. The van der Waals surface area contributed by atoms with Crippen LogP contribution in [0, 0.1) is 12.7 Å². The van der Waals surface area contributed by atoms with E-state index in [9.17, 15) is 9.18 Å². The van der Waals surface area contributed by atoms with Gasteiger partial charge in [-0.15, -0.1) is 11.3 Å². The van der Waals surface area contributed by atoms with Gasteiger partial charge in [-0.3, -0.25) is 15.1 Å². The summed E-state index contributed by atoms with van der Waals surface area (Å²) in [5.74, 6) is -0.511. The zero-order valence-electron chi connectivity index (χ0n) is 14.1. The molecular formula is C19H13FN4O2S. The number of benzene rings is 1. The van der Waals surface area contributed by atoms with E-state index in [1.54, 1.807) is 6.20 Å². The first-order valence-corrected chi connectivity index (χ1v) is 8.89. The van der Waals surface area contributed by atoms with Crippen LogP contribution in [0.25, 0.3) is 22.7 Å². The molecule has 0 atom stereocenters. The van der Waals surface area contributed by atoms with Gasteiger partial charge in [-0.1, -0.05) is 11.2 Å². The van der Waals surface area contributed by atoms with E-state index in [0.29, 0.717) is 16.4 Å². The van der Waals surface area contributed by atoms with Gasteiger partial charge in [0.05, 0.1) is 11.9 Å². The van der Waals surface area contributed by atoms with Crippen LogP contribution in [0.1, 0.15) is 15.9 Å². The second-order valence-corrected chi connectivity index (χ2v) is 6.59. The fraction of sp³-hybridized carbons (Fsp3) is 0.0526. The Morgan fingerprint density at radius 1 is 1.22 bits per heavy atom. The number of nitrogens with one attached hydrogen (secondary N) is 1. The molecule has 1 N–H and O–H groups in total. The van der Waals surface area contributed by atoms with Gasteiger partial charge in [0.2, 0.25) is 0 Å². The van der Waals surface area contributed by atoms with Gasteiger partial charge < -0.3 is 4.52 Å². The molecule has 0 aliphatic carbocycles. The van der Waals surface area contributed by atoms with Crippen molar-refractivity contribution in [2.45, 2.75) is 6.92 Å². The Balaban J connectivity index is 1.57. The third-order valence-electron chi connectivity index (χ3n) is 3.90. The summed E-state index contributed by atoms with van der Waals surface area (Å²) in [4.78, 5) is 21.4. The predicted octanol–water partition coefficient (Wildman–Crippen LogP) is 4.56. The summed E-state index contributed by atoms with van der Waals surface area (Å²) >= 11 is 1.30. The Kier molecular flexibility index (Phi) is 4.47. The molecular weight excluding hydrogens is 367 g/mol. The number of rotatable bonds is 4. The van der Waals surface area contributed by atoms with Crippen LogP contribution in [-0.4, -0.2) is 21.0 Å². The molecule has 8 heteroatoms. The summed E-state index contributed by atoms with van der Waals surface area (Å²) < 4.78 is 18.3. The second-order valence-electron chi connectivity index (χ2n) is 5.74. The number of hydrogen-bond donors (Lipinski definition) is 1. The number of amides is 1. The molecule has 0 unspecified atom stereocenters. The molecule has 0 aliphatic rings. The number of carbonyl (C=O) groups excluding carboxylic acids is 1. The van der Waals surface area contributed by atoms with E-state index >= 15 is 0 Å². The summed E-state index contributed by atoms with van der Waals surface area (Å²) in [6.07, 6.45) is 3.03. The van der Waals surface area contributed by atoms with Crippen LogP contribution in [0.4, 0.5) is 9.52 Å². The van der Waals surface area contributed by atoms with Gasteiger partial charge in [-0.05, 0) is 42.8 Å². The fourth-order valence-corrected chi connectivity index (χ4v) is 3.26. The summed E-state index contributed by atoms with van der Waals surface area (Å²) in [5.41, 5.74) is 3.26. The highest BCUT2D eigenvalue weighted by Crippen LogP contribution is 2.28. The third-order valence-corrected chi connectivity index (χ3v) is 4.66. The van der Waals surface area contributed by atoms with Crippen LogP contribution in [0.15, 0.2) is 58.7 Å². The van der Waals surface area contributed by atoms with Crippen molar-refractivity contribution >= 4 is 22.4 Å². The van der Waals surface area contributed by atoms with Gasteiger partial charge in [0.15, 0.2) is 10.9 Å². The van der Waals surface area contributed by atoms with Crippen LogP contribution in [0.5, 0.6) is 0 Å². The topological polar surface area (TPSA) is 80.9 Å². The number of nitrogens with zero attached hydrogens (tertiary/aromatic N) is 3. The molecule has 6 nitrogen and oxygen atoms in total. The lowest BCUT2D eigenvalue weighted by atomic mass is 10.1. The van der Waals surface area contributed by atoms with Crippen molar-refractivity contribution in [1.82, 2.24) is 15.1 Å². The number of pyridine rings is 1. The molecule has 1 aromatic carbocycles. The van der Waals surface area contributed by atoms with E-state index < -0.39 is 5.91 Å². The number of aromatic nitrogens is 3. The summed E-state index contributed by atoms with van der Waals surface area (Å²) in [5, 5.41) is 8.70. The number of thiazole rings is 1. The standard InChI is InChI=1S/C19H13FN4O2S/c1-11-3-2-8-21-16(11)15-10-27-19(23-15)24-18(25)14-9-22-26-17(14)12-4-6-13(20)7-5-12/h2-10H,1H3,(H,23,24,25). The van der Waals surface area contributed by atoms with Gasteiger partial charge in [0.1, 0.15) is 17.1 Å². The van der Waals surface area contributed by atoms with Gasteiger partial charge in [0.25, 0.3) is 5.91 Å². The van der Waals surface area contributed by atoms with Crippen molar-refractivity contribution in [3.05, 3.63) is 71.1 Å². The molecule has 4 rings (SSSR count). The molecule has 3 aromatic heterocycles. The van der Waals surface area contributed by atoms with Crippen molar-refractivity contribution in [1.29, 1.82) is 0 Å². The maximum absolute atomic E-state index is 13.1. The van der Waals surface area contributed by atoms with Crippen molar-refractivity contribution in [2.75, 3.05) is 5.32 Å². The second kappa shape index (κ2) is 7.08. The molecule has 0 radical (unpaired) electrons. The lowest BCUT2D eigenvalue weighted by Crippen LogP contribution is -2.11. The lowest BCUT2D eigenvalue weighted by Gasteiger charge is -2.02. The molecule has 0 saturated carbocycles. The summed E-state index contributed by atoms with van der Waals surface area (Å²) in [6, 6.07) is 9.45. The summed E-state index contributed by atoms with van der Waals surface area (Å²) in [7, 11) is 0. The van der Waals surface area contributed by atoms with Crippen molar-refractivity contribution in [3.8, 4) is 22.7 Å². The van der Waals surface area contributed by atoms with Crippen LogP contribution in [0.3, 0.4) is 0 Å². The molecule has 1 amide bonds. The van der Waals surface area contributed by atoms with E-state index in [2.05, 4.69) is 20.4 Å². The predicted molar refractivity (Wildman–Crippen MR) is 99.9 cm³/mol. The van der Waals surface area contributed by atoms with Crippen molar-refractivity contribution in [3.63, 3.8) is 0 Å². The molecule has 0 saturated heterocycles. The smallest absolute Gasteiger partial charge is 0.263 e. The Hall–Kier alpha value is -3.39. The molecule has 0 aliphatic heterocycles. The van der Waals surface area contributed by atoms with E-state index in [0.717, 1.165) is 11.3 Å². The maximum Gasteiger partial charge on any atom is 0.263 e. The monoisotopic (exact) mass is 380 g/mol. The van der Waals surface area contributed by atoms with Gasteiger partial charge in [-0.25, -0.2) is 9.37 Å². The fourth-order valence-electron chi connectivity index (χ4n) is 2.57. The van der Waals surface area contributed by atoms with Crippen LogP contribution >= 0.6 is 11.3 Å². The molecule has 4 aromatic rings. The molecule has 134 valence electrons. The maximum atomic E-state index is 13.1. The lowest BCUT2D eigenvalue weighted by molar-refractivity contribution is 0.102. The van der Waals surface area contributed by atoms with Gasteiger partial charge >= 0.3 is 0 Å². The molecule has 0 fully saturated rings. The van der Waals surface area contributed by atoms with E-state index in [-0.39, 0.29) is 17.1 Å². The highest BCUT2D eigenvalue weighted by Gasteiger charge is 2.19. The van der Waals surface area contributed by atoms with Gasteiger partial charge in [-0.2, -0.15) is 0 Å². The number of anilines is 1. The third kappa shape index (κ3) is 3.47. The highest BCUT2D eigenvalue weighted by molar-refractivity contribution is 7.14. The van der Waals surface area contributed by atoms with Crippen LogP contribution in [0.2, 0.25) is 0 Å². The Morgan fingerprint density at radius 2 is 2.04 bits per heavy atom. The number of hydrogen-bond acceptors (Lipinski definition) is 6. The van der Waals surface area contributed by atoms with Gasteiger partial charge in [0, 0.05) is 17.1 Å². The quantitative estimate of drug-likeness (QED) is 0.561. The minimum absolute atomic E-state index is 0.243. The molecule has 0 bridgehead atoms. The SMILES string of the molecule is Cc1cccnc1-c1csc(NC(=O)c2cnoc2-c2ccc(F)cc2)n1. The molecule has 27 heavy (non-hydrogen) atoms. The first-order chi connectivity index (χ1) is 13.1. The average Bonchev–Trinajstić information content (AvgIpc) is 3.32. The minimum atomic E-state index is -0.408. The van der Waals surface area contributed by atoms with Crippen molar-refractivity contribution in [2.24, 2.45) is 0 Å². The first kappa shape index (κ1) is 17.0. The Bertz CT molecular complexity index is 1100. The molecule has 3 heterocycles. The average molecular weight is 380 g/mol. The Labute approximate surface area is 157 Å². The van der Waals surface area contributed by atoms with Crippen LogP contribution < -0.4 is 5.32 Å². The highest BCUT2D eigenvalue weighted by atomic mass is 32.1. The van der Waals surface area contributed by atoms with Crippen molar-refractivity contribution < 1.29 is 13.7 Å². The normalized spacial score (nSPS) is 10.7.